The van der Waals surface area contributed by atoms with Crippen molar-refractivity contribution < 1.29 is 0 Å². The second-order valence-electron chi connectivity index (χ2n) is 6.55. The van der Waals surface area contributed by atoms with E-state index in [1.54, 1.807) is 0 Å². The summed E-state index contributed by atoms with van der Waals surface area (Å²) in [5.41, 5.74) is 0.686. The predicted molar refractivity (Wildman–Crippen MR) is 62.0 cm³/mol. The average molecular weight is 194 g/mol. The minimum absolute atomic E-state index is 0.686. The van der Waals surface area contributed by atoms with E-state index >= 15 is 0 Å². The summed E-state index contributed by atoms with van der Waals surface area (Å²) >= 11 is 0. The Morgan fingerprint density at radius 3 is 2.07 bits per heavy atom. The first-order valence-corrected chi connectivity index (χ1v) is 6.42. The van der Waals surface area contributed by atoms with Gasteiger partial charge in [-0.3, -0.25) is 0 Å². The van der Waals surface area contributed by atoms with E-state index in [2.05, 4.69) is 41.5 Å². The first kappa shape index (κ1) is 10.5. The molecular weight excluding hydrogens is 168 g/mol. The molecule has 0 amide bonds. The summed E-state index contributed by atoms with van der Waals surface area (Å²) in [5.74, 6) is 6.03. The van der Waals surface area contributed by atoms with Crippen molar-refractivity contribution in [1.29, 1.82) is 0 Å². The highest BCUT2D eigenvalue weighted by molar-refractivity contribution is 5.20. The van der Waals surface area contributed by atoms with Crippen molar-refractivity contribution in [3.63, 3.8) is 0 Å². The Morgan fingerprint density at radius 1 is 1.14 bits per heavy atom. The minimum Gasteiger partial charge on any atom is -0.0651 e. The van der Waals surface area contributed by atoms with Crippen molar-refractivity contribution >= 4 is 0 Å². The molecule has 0 spiro atoms. The third-order valence-electron chi connectivity index (χ3n) is 5.73. The van der Waals surface area contributed by atoms with Crippen LogP contribution in [0.3, 0.4) is 0 Å². The van der Waals surface area contributed by atoms with Crippen LogP contribution in [0.1, 0.15) is 48.0 Å². The summed E-state index contributed by atoms with van der Waals surface area (Å²) < 4.78 is 0. The molecule has 6 unspecified atom stereocenters. The van der Waals surface area contributed by atoms with Gasteiger partial charge in [-0.2, -0.15) is 0 Å². The lowest BCUT2D eigenvalue weighted by atomic mass is 9.65. The molecule has 2 saturated carbocycles. The summed E-state index contributed by atoms with van der Waals surface area (Å²) in [7, 11) is 0. The van der Waals surface area contributed by atoms with Crippen LogP contribution in [-0.4, -0.2) is 0 Å². The standard InChI is InChI=1S/C14H26/c1-7-8(2)9(3)11-10(4)12-13(11)14(12,5)6/h8-13H,7H2,1-6H3. The largest absolute Gasteiger partial charge is 0.0651 e. The fourth-order valence-corrected chi connectivity index (χ4v) is 4.44. The van der Waals surface area contributed by atoms with Gasteiger partial charge in [0.05, 0.1) is 0 Å². The van der Waals surface area contributed by atoms with E-state index in [0.29, 0.717) is 5.41 Å². The molecule has 0 aromatic heterocycles. The van der Waals surface area contributed by atoms with Gasteiger partial charge < -0.3 is 0 Å². The summed E-state index contributed by atoms with van der Waals surface area (Å²) in [6, 6.07) is 0. The maximum Gasteiger partial charge on any atom is -0.0286 e. The first-order chi connectivity index (χ1) is 6.42. The van der Waals surface area contributed by atoms with Crippen LogP contribution < -0.4 is 0 Å². The Bertz CT molecular complexity index is 228. The second kappa shape index (κ2) is 3.00. The molecular formula is C14H26. The first-order valence-electron chi connectivity index (χ1n) is 6.42. The van der Waals surface area contributed by atoms with E-state index in [9.17, 15) is 0 Å². The third-order valence-corrected chi connectivity index (χ3v) is 5.73. The second-order valence-corrected chi connectivity index (χ2v) is 6.55. The molecule has 82 valence electrons. The number of hydrogen-bond acceptors (Lipinski definition) is 0. The van der Waals surface area contributed by atoms with E-state index in [1.165, 1.54) is 6.42 Å². The van der Waals surface area contributed by atoms with Crippen molar-refractivity contribution in [2.45, 2.75) is 48.0 Å². The van der Waals surface area contributed by atoms with Crippen LogP contribution in [-0.2, 0) is 0 Å². The fourth-order valence-electron chi connectivity index (χ4n) is 4.44. The molecule has 0 nitrogen and oxygen atoms in total. The van der Waals surface area contributed by atoms with Crippen LogP contribution in [0.2, 0.25) is 0 Å². The zero-order valence-electron chi connectivity index (χ0n) is 10.7. The molecule has 2 aliphatic rings. The lowest BCUT2D eigenvalue weighted by molar-refractivity contribution is 0.0770. The molecule has 2 aliphatic carbocycles. The van der Waals surface area contributed by atoms with Crippen molar-refractivity contribution in [2.24, 2.45) is 40.9 Å². The van der Waals surface area contributed by atoms with Crippen LogP contribution >= 0.6 is 0 Å². The summed E-state index contributed by atoms with van der Waals surface area (Å²) in [6.45, 7) is 14.7. The Morgan fingerprint density at radius 2 is 1.71 bits per heavy atom. The smallest absolute Gasteiger partial charge is 0.0286 e. The van der Waals surface area contributed by atoms with Crippen LogP contribution in [0.5, 0.6) is 0 Å². The molecule has 0 bridgehead atoms. The topological polar surface area (TPSA) is 0 Å². The summed E-state index contributed by atoms with van der Waals surface area (Å²) in [4.78, 5) is 0. The molecule has 0 aromatic carbocycles. The van der Waals surface area contributed by atoms with Gasteiger partial charge in [-0.05, 0) is 40.9 Å². The van der Waals surface area contributed by atoms with Gasteiger partial charge in [0, 0.05) is 0 Å². The van der Waals surface area contributed by atoms with E-state index in [-0.39, 0.29) is 0 Å². The van der Waals surface area contributed by atoms with Gasteiger partial charge in [0.1, 0.15) is 0 Å². The SMILES string of the molecule is CCC(C)C(C)C1C(C)C2C1C2(C)C. The van der Waals surface area contributed by atoms with Gasteiger partial charge in [-0.15, -0.1) is 0 Å². The molecule has 6 atom stereocenters. The van der Waals surface area contributed by atoms with Gasteiger partial charge >= 0.3 is 0 Å². The van der Waals surface area contributed by atoms with Crippen molar-refractivity contribution in [2.75, 3.05) is 0 Å². The molecule has 14 heavy (non-hydrogen) atoms. The number of fused-ring (bicyclic) bond motifs is 1. The molecule has 0 radical (unpaired) electrons. The van der Waals surface area contributed by atoms with Crippen LogP contribution in [0.15, 0.2) is 0 Å². The third kappa shape index (κ3) is 1.12. The molecule has 2 fully saturated rings. The quantitative estimate of drug-likeness (QED) is 0.631. The van der Waals surface area contributed by atoms with Gasteiger partial charge in [0.25, 0.3) is 0 Å². The van der Waals surface area contributed by atoms with Crippen molar-refractivity contribution in [3.8, 4) is 0 Å². The summed E-state index contributed by atoms with van der Waals surface area (Å²) in [5, 5.41) is 0. The highest BCUT2D eigenvalue weighted by Crippen LogP contribution is 2.77. The monoisotopic (exact) mass is 194 g/mol. The van der Waals surface area contributed by atoms with Crippen LogP contribution in [0.4, 0.5) is 0 Å². The molecule has 0 heterocycles. The van der Waals surface area contributed by atoms with Crippen LogP contribution in [0, 0.1) is 40.9 Å². The predicted octanol–water partition coefficient (Wildman–Crippen LogP) is 4.21. The normalized spacial score (nSPS) is 47.6. The molecule has 2 rings (SSSR count). The molecule has 0 N–H and O–H groups in total. The Hall–Kier alpha value is 0. The number of rotatable bonds is 3. The molecule has 0 aromatic rings. The molecule has 0 heteroatoms. The van der Waals surface area contributed by atoms with Gasteiger partial charge in [0.2, 0.25) is 0 Å². The molecule has 0 aliphatic heterocycles. The van der Waals surface area contributed by atoms with Crippen LogP contribution in [0.25, 0.3) is 0 Å². The van der Waals surface area contributed by atoms with Gasteiger partial charge in [-0.1, -0.05) is 48.0 Å². The molecule has 0 saturated heterocycles. The minimum atomic E-state index is 0.686. The van der Waals surface area contributed by atoms with Crippen molar-refractivity contribution in [1.82, 2.24) is 0 Å². The maximum absolute atomic E-state index is 2.49. The van der Waals surface area contributed by atoms with E-state index in [0.717, 1.165) is 35.5 Å². The fraction of sp³-hybridized carbons (Fsp3) is 1.00. The number of hydrogen-bond donors (Lipinski definition) is 0. The van der Waals surface area contributed by atoms with Crippen molar-refractivity contribution in [3.05, 3.63) is 0 Å². The van der Waals surface area contributed by atoms with Gasteiger partial charge in [-0.25, -0.2) is 0 Å². The lowest BCUT2D eigenvalue weighted by Gasteiger charge is -2.40. The average Bonchev–Trinajstić information content (AvgIpc) is 2.61. The zero-order valence-corrected chi connectivity index (χ0v) is 10.7. The Balaban J connectivity index is 2.01. The highest BCUT2D eigenvalue weighted by atomic mass is 14.8. The van der Waals surface area contributed by atoms with E-state index in [4.69, 9.17) is 0 Å². The maximum atomic E-state index is 2.49. The van der Waals surface area contributed by atoms with Gasteiger partial charge in [0.15, 0.2) is 0 Å². The Labute approximate surface area is 89.5 Å². The Kier molecular flexibility index (Phi) is 2.25. The zero-order chi connectivity index (χ0) is 10.7. The lowest BCUT2D eigenvalue weighted by Crippen LogP contribution is -2.35. The van der Waals surface area contributed by atoms with E-state index in [1.807, 2.05) is 0 Å². The highest BCUT2D eigenvalue weighted by Gasteiger charge is 2.73. The summed E-state index contributed by atoms with van der Waals surface area (Å²) in [6.07, 6.45) is 1.35. The van der Waals surface area contributed by atoms with E-state index < -0.39 is 0 Å².